The minimum atomic E-state index is -3.51. The number of nitrogens with zero attached hydrogens (tertiary/aromatic N) is 1. The molecular weight excluding hydrogens is 312 g/mol. The molecule has 0 unspecified atom stereocenters. The van der Waals surface area contributed by atoms with Gasteiger partial charge in [-0.15, -0.1) is 11.3 Å². The molecule has 0 spiro atoms. The van der Waals surface area contributed by atoms with Gasteiger partial charge in [-0.3, -0.25) is 4.79 Å². The van der Waals surface area contributed by atoms with Gasteiger partial charge in [0, 0.05) is 19.8 Å². The maximum atomic E-state index is 11.9. The Morgan fingerprint density at radius 3 is 2.48 bits per heavy atom. The molecule has 0 saturated heterocycles. The van der Waals surface area contributed by atoms with Crippen molar-refractivity contribution in [2.24, 2.45) is 0 Å². The molecule has 0 fully saturated rings. The van der Waals surface area contributed by atoms with Crippen LogP contribution in [0.2, 0.25) is 0 Å². The zero-order chi connectivity index (χ0) is 16.2. The molecule has 1 rings (SSSR count). The molecule has 1 amide bonds. The lowest BCUT2D eigenvalue weighted by molar-refractivity contribution is 0.0968. The van der Waals surface area contributed by atoms with Crippen LogP contribution in [0, 0.1) is 0 Å². The van der Waals surface area contributed by atoms with Crippen LogP contribution in [0.25, 0.3) is 0 Å². The maximum absolute atomic E-state index is 11.9. The van der Waals surface area contributed by atoms with Crippen molar-refractivity contribution in [2.75, 3.05) is 51.5 Å². The van der Waals surface area contributed by atoms with Crippen LogP contribution in [0.15, 0.2) is 4.90 Å². The van der Waals surface area contributed by atoms with Gasteiger partial charge in [0.15, 0.2) is 9.84 Å². The first-order chi connectivity index (χ1) is 9.68. The molecule has 0 aliphatic carbocycles. The second-order valence-electron chi connectivity index (χ2n) is 4.94. The molecule has 0 saturated carbocycles. The second kappa shape index (κ2) is 7.10. The van der Waals surface area contributed by atoms with E-state index in [4.69, 9.17) is 5.73 Å². The van der Waals surface area contributed by atoms with Crippen LogP contribution in [0.3, 0.4) is 0 Å². The summed E-state index contributed by atoms with van der Waals surface area (Å²) in [6.45, 7) is 1.48. The Balaban J connectivity index is 3.04. The average molecular weight is 334 g/mol. The molecule has 120 valence electrons. The largest absolute Gasteiger partial charge is 0.396 e. The van der Waals surface area contributed by atoms with Gasteiger partial charge in [0.1, 0.15) is 14.8 Å². The third kappa shape index (κ3) is 4.58. The SMILES string of the molecule is CNC(=O)c1sc(NCCCN(C)C)c(S(C)(=O)=O)c1N. The van der Waals surface area contributed by atoms with Gasteiger partial charge in [0.2, 0.25) is 0 Å². The summed E-state index contributed by atoms with van der Waals surface area (Å²) in [5.74, 6) is -0.385. The van der Waals surface area contributed by atoms with Crippen LogP contribution in [-0.2, 0) is 9.84 Å². The summed E-state index contributed by atoms with van der Waals surface area (Å²) in [4.78, 5) is 14.0. The van der Waals surface area contributed by atoms with E-state index in [-0.39, 0.29) is 21.4 Å². The molecule has 1 heterocycles. The molecule has 7 nitrogen and oxygen atoms in total. The quantitative estimate of drug-likeness (QED) is 0.626. The highest BCUT2D eigenvalue weighted by Crippen LogP contribution is 2.39. The van der Waals surface area contributed by atoms with Gasteiger partial charge in [0.25, 0.3) is 5.91 Å². The summed E-state index contributed by atoms with van der Waals surface area (Å²) in [6.07, 6.45) is 1.94. The minimum Gasteiger partial charge on any atom is -0.396 e. The summed E-state index contributed by atoms with van der Waals surface area (Å²) >= 11 is 1.06. The van der Waals surface area contributed by atoms with Crippen molar-refractivity contribution in [2.45, 2.75) is 11.3 Å². The number of hydrogen-bond acceptors (Lipinski definition) is 7. The maximum Gasteiger partial charge on any atom is 0.263 e. The van der Waals surface area contributed by atoms with Gasteiger partial charge in [0.05, 0.1) is 5.69 Å². The Hall–Kier alpha value is -1.32. The lowest BCUT2D eigenvalue weighted by atomic mass is 10.3. The third-order valence-electron chi connectivity index (χ3n) is 2.77. The summed E-state index contributed by atoms with van der Waals surface area (Å²) in [5, 5.41) is 5.95. The van der Waals surface area contributed by atoms with E-state index in [1.807, 2.05) is 19.0 Å². The third-order valence-corrected chi connectivity index (χ3v) is 5.23. The summed E-state index contributed by atoms with van der Waals surface area (Å²) in [5.41, 5.74) is 5.85. The van der Waals surface area contributed by atoms with Crippen molar-refractivity contribution in [3.05, 3.63) is 4.88 Å². The number of carbonyl (C=O) groups excluding carboxylic acids is 1. The van der Waals surface area contributed by atoms with Gasteiger partial charge in [-0.05, 0) is 27.1 Å². The van der Waals surface area contributed by atoms with Crippen LogP contribution in [0.4, 0.5) is 10.7 Å². The fourth-order valence-electron chi connectivity index (χ4n) is 1.79. The molecule has 0 aliphatic heterocycles. The first-order valence-corrected chi connectivity index (χ1v) is 9.12. The number of nitrogens with two attached hydrogens (primary N) is 1. The van der Waals surface area contributed by atoms with Crippen molar-refractivity contribution >= 4 is 37.8 Å². The fourth-order valence-corrected chi connectivity index (χ4v) is 4.33. The molecular formula is C12H22N4O3S2. The number of carbonyl (C=O) groups is 1. The molecule has 0 radical (unpaired) electrons. The van der Waals surface area contributed by atoms with E-state index in [0.29, 0.717) is 11.5 Å². The number of hydrogen-bond donors (Lipinski definition) is 3. The zero-order valence-corrected chi connectivity index (χ0v) is 14.3. The number of nitrogen functional groups attached to an aromatic ring is 1. The Labute approximate surface area is 129 Å². The first kappa shape index (κ1) is 17.7. The molecule has 0 bridgehead atoms. The fraction of sp³-hybridized carbons (Fsp3) is 0.583. The van der Waals surface area contributed by atoms with Crippen molar-refractivity contribution in [3.63, 3.8) is 0 Å². The van der Waals surface area contributed by atoms with Gasteiger partial charge < -0.3 is 21.3 Å². The number of thiophene rings is 1. The summed E-state index contributed by atoms with van der Waals surface area (Å²) in [6, 6.07) is 0. The van der Waals surface area contributed by atoms with E-state index in [1.165, 1.54) is 7.05 Å². The van der Waals surface area contributed by atoms with Crippen LogP contribution in [0.5, 0.6) is 0 Å². The monoisotopic (exact) mass is 334 g/mol. The Morgan fingerprint density at radius 1 is 1.38 bits per heavy atom. The average Bonchev–Trinajstić information content (AvgIpc) is 2.70. The van der Waals surface area contributed by atoms with Gasteiger partial charge in [-0.1, -0.05) is 0 Å². The number of nitrogens with one attached hydrogen (secondary N) is 2. The standard InChI is InChI=1S/C12H22N4O3S2/c1-14-11(17)9-8(13)10(21(4,18)19)12(20-9)15-6-5-7-16(2)3/h15H,5-7,13H2,1-4H3,(H,14,17). The van der Waals surface area contributed by atoms with E-state index in [0.717, 1.165) is 30.6 Å². The molecule has 4 N–H and O–H groups in total. The Kier molecular flexibility index (Phi) is 5.99. The second-order valence-corrected chi connectivity index (χ2v) is 7.91. The number of anilines is 2. The Bertz CT molecular complexity index is 608. The predicted molar refractivity (Wildman–Crippen MR) is 86.9 cm³/mol. The molecule has 0 aliphatic rings. The van der Waals surface area contributed by atoms with Crippen molar-refractivity contribution in [1.29, 1.82) is 0 Å². The first-order valence-electron chi connectivity index (χ1n) is 6.41. The summed E-state index contributed by atoms with van der Waals surface area (Å²) in [7, 11) is 1.91. The minimum absolute atomic E-state index is 0.0101. The topological polar surface area (TPSA) is 105 Å². The number of rotatable bonds is 7. The highest BCUT2D eigenvalue weighted by molar-refractivity contribution is 7.91. The number of amides is 1. The van der Waals surface area contributed by atoms with Crippen LogP contribution in [-0.4, -0.2) is 59.7 Å². The number of sulfone groups is 1. The van der Waals surface area contributed by atoms with E-state index in [2.05, 4.69) is 10.6 Å². The molecule has 9 heteroatoms. The van der Waals surface area contributed by atoms with E-state index >= 15 is 0 Å². The highest BCUT2D eigenvalue weighted by Gasteiger charge is 2.26. The summed E-state index contributed by atoms with van der Waals surface area (Å²) < 4.78 is 23.8. The van der Waals surface area contributed by atoms with Crippen molar-refractivity contribution in [3.8, 4) is 0 Å². The van der Waals surface area contributed by atoms with E-state index < -0.39 is 9.84 Å². The molecule has 1 aromatic rings. The normalized spacial score (nSPS) is 11.7. The van der Waals surface area contributed by atoms with Crippen LogP contribution < -0.4 is 16.4 Å². The van der Waals surface area contributed by atoms with Crippen molar-refractivity contribution < 1.29 is 13.2 Å². The van der Waals surface area contributed by atoms with Gasteiger partial charge in [-0.2, -0.15) is 0 Å². The molecule has 1 aromatic heterocycles. The van der Waals surface area contributed by atoms with Crippen LogP contribution >= 0.6 is 11.3 Å². The van der Waals surface area contributed by atoms with Crippen molar-refractivity contribution in [1.82, 2.24) is 10.2 Å². The molecule has 0 aromatic carbocycles. The smallest absolute Gasteiger partial charge is 0.263 e. The predicted octanol–water partition coefficient (Wildman–Crippen LogP) is 0.457. The zero-order valence-electron chi connectivity index (χ0n) is 12.7. The van der Waals surface area contributed by atoms with E-state index in [9.17, 15) is 13.2 Å². The molecule has 0 atom stereocenters. The highest BCUT2D eigenvalue weighted by atomic mass is 32.2. The Morgan fingerprint density at radius 2 is 2.00 bits per heavy atom. The lowest BCUT2D eigenvalue weighted by Gasteiger charge is -2.10. The lowest BCUT2D eigenvalue weighted by Crippen LogP contribution is -2.18. The van der Waals surface area contributed by atoms with E-state index in [1.54, 1.807) is 0 Å². The van der Waals surface area contributed by atoms with Gasteiger partial charge in [-0.25, -0.2) is 8.42 Å². The van der Waals surface area contributed by atoms with Gasteiger partial charge >= 0.3 is 0 Å². The molecule has 21 heavy (non-hydrogen) atoms. The van der Waals surface area contributed by atoms with Crippen LogP contribution in [0.1, 0.15) is 16.1 Å².